The molecule has 1 aliphatic heterocycles. The number of carbonyl (C=O) groups is 2. The molecule has 1 fully saturated rings. The quantitative estimate of drug-likeness (QED) is 0.851. The van der Waals surface area contributed by atoms with Crippen LogP contribution in [0, 0.1) is 6.92 Å². The van der Waals surface area contributed by atoms with Crippen molar-refractivity contribution in [2.24, 2.45) is 0 Å². The van der Waals surface area contributed by atoms with Crippen molar-refractivity contribution < 1.29 is 23.1 Å². The molecule has 2 rings (SSSR count). The Morgan fingerprint density at radius 1 is 1.04 bits per heavy atom. The Labute approximate surface area is 135 Å². The number of nitrogens with zero attached hydrogens (tertiary/aromatic N) is 2. The highest BCUT2D eigenvalue weighted by Gasteiger charge is 2.29. The molecule has 7 nitrogen and oxygen atoms in total. The number of benzene rings is 1. The molecule has 126 valence electrons. The number of carboxylic acid groups (broad SMARTS) is 1. The van der Waals surface area contributed by atoms with Gasteiger partial charge in [-0.1, -0.05) is 17.7 Å². The molecule has 1 saturated heterocycles. The van der Waals surface area contributed by atoms with Crippen LogP contribution in [0.1, 0.15) is 18.4 Å². The topological polar surface area (TPSA) is 95.0 Å². The third-order valence-corrected chi connectivity index (χ3v) is 5.72. The van der Waals surface area contributed by atoms with Crippen molar-refractivity contribution in [2.75, 3.05) is 26.2 Å². The number of carboxylic acids is 1. The summed E-state index contributed by atoms with van der Waals surface area (Å²) in [7, 11) is -3.55. The fraction of sp³-hybridized carbons (Fsp3) is 0.467. The highest BCUT2D eigenvalue weighted by molar-refractivity contribution is 7.89. The van der Waals surface area contributed by atoms with Crippen molar-refractivity contribution in [3.63, 3.8) is 0 Å². The molecule has 0 bridgehead atoms. The van der Waals surface area contributed by atoms with Gasteiger partial charge in [-0.25, -0.2) is 8.42 Å². The number of rotatable bonds is 5. The Hall–Kier alpha value is -1.93. The minimum Gasteiger partial charge on any atom is -0.481 e. The van der Waals surface area contributed by atoms with Crippen LogP contribution in [0.3, 0.4) is 0 Å². The first-order chi connectivity index (χ1) is 10.8. The predicted octanol–water partition coefficient (Wildman–Crippen LogP) is 0.693. The van der Waals surface area contributed by atoms with Crippen molar-refractivity contribution in [3.05, 3.63) is 29.8 Å². The summed E-state index contributed by atoms with van der Waals surface area (Å²) >= 11 is 0. The predicted molar refractivity (Wildman–Crippen MR) is 83.4 cm³/mol. The molecule has 23 heavy (non-hydrogen) atoms. The zero-order valence-electron chi connectivity index (χ0n) is 12.9. The molecule has 0 radical (unpaired) electrons. The van der Waals surface area contributed by atoms with E-state index in [1.165, 1.54) is 9.21 Å². The monoisotopic (exact) mass is 340 g/mol. The Morgan fingerprint density at radius 2 is 1.61 bits per heavy atom. The van der Waals surface area contributed by atoms with Gasteiger partial charge in [-0.05, 0) is 19.1 Å². The molecule has 0 aromatic heterocycles. The van der Waals surface area contributed by atoms with Crippen molar-refractivity contribution in [1.82, 2.24) is 9.21 Å². The van der Waals surface area contributed by atoms with Gasteiger partial charge in [0.15, 0.2) is 0 Å². The number of carbonyl (C=O) groups excluding carboxylic acids is 1. The van der Waals surface area contributed by atoms with E-state index in [9.17, 15) is 18.0 Å². The lowest BCUT2D eigenvalue weighted by atomic mass is 10.2. The molecular formula is C15H20N2O5S. The van der Waals surface area contributed by atoms with Crippen LogP contribution in [-0.4, -0.2) is 60.8 Å². The number of aryl methyl sites for hydroxylation is 1. The Balaban J connectivity index is 1.97. The van der Waals surface area contributed by atoms with E-state index in [2.05, 4.69) is 0 Å². The molecule has 0 saturated carbocycles. The van der Waals surface area contributed by atoms with E-state index in [0.717, 1.165) is 5.56 Å². The minimum atomic E-state index is -3.55. The lowest BCUT2D eigenvalue weighted by Crippen LogP contribution is -2.50. The SMILES string of the molecule is Cc1ccc(S(=O)(=O)N2CCN(C(=O)CCC(=O)O)CC2)cc1. The second-order valence-electron chi connectivity index (χ2n) is 5.49. The Bertz CT molecular complexity index is 676. The number of aliphatic carboxylic acids is 1. The third kappa shape index (κ3) is 4.29. The average molecular weight is 340 g/mol. The summed E-state index contributed by atoms with van der Waals surface area (Å²) in [5, 5.41) is 8.60. The molecule has 0 atom stereocenters. The smallest absolute Gasteiger partial charge is 0.303 e. The molecule has 1 heterocycles. The molecule has 1 amide bonds. The fourth-order valence-corrected chi connectivity index (χ4v) is 3.83. The van der Waals surface area contributed by atoms with Gasteiger partial charge in [0.1, 0.15) is 0 Å². The number of piperazine rings is 1. The Kier molecular flexibility index (Phi) is 5.38. The van der Waals surface area contributed by atoms with Crippen LogP contribution in [0.2, 0.25) is 0 Å². The van der Waals surface area contributed by atoms with E-state index in [1.54, 1.807) is 24.3 Å². The number of hydrogen-bond acceptors (Lipinski definition) is 4. The molecule has 1 aromatic rings. The van der Waals surface area contributed by atoms with Crippen molar-refractivity contribution in [2.45, 2.75) is 24.7 Å². The van der Waals surface area contributed by atoms with Gasteiger partial charge in [0, 0.05) is 32.6 Å². The number of sulfonamides is 1. The molecule has 0 spiro atoms. The maximum atomic E-state index is 12.5. The summed E-state index contributed by atoms with van der Waals surface area (Å²) in [5.41, 5.74) is 0.984. The first-order valence-electron chi connectivity index (χ1n) is 7.37. The van der Waals surface area contributed by atoms with Gasteiger partial charge in [-0.2, -0.15) is 4.31 Å². The molecule has 1 N–H and O–H groups in total. The van der Waals surface area contributed by atoms with Crippen LogP contribution in [0.25, 0.3) is 0 Å². The van der Waals surface area contributed by atoms with Crippen LogP contribution in [-0.2, 0) is 19.6 Å². The zero-order chi connectivity index (χ0) is 17.0. The van der Waals surface area contributed by atoms with E-state index in [4.69, 9.17) is 5.11 Å². The first kappa shape index (κ1) is 17.4. The van der Waals surface area contributed by atoms with Gasteiger partial charge >= 0.3 is 5.97 Å². The first-order valence-corrected chi connectivity index (χ1v) is 8.81. The van der Waals surface area contributed by atoms with Gasteiger partial charge in [0.25, 0.3) is 0 Å². The van der Waals surface area contributed by atoms with E-state index < -0.39 is 16.0 Å². The van der Waals surface area contributed by atoms with Crippen LogP contribution in [0.4, 0.5) is 0 Å². The average Bonchev–Trinajstić information content (AvgIpc) is 2.53. The van der Waals surface area contributed by atoms with Crippen LogP contribution in [0.5, 0.6) is 0 Å². The third-order valence-electron chi connectivity index (χ3n) is 3.80. The normalized spacial score (nSPS) is 16.3. The standard InChI is InChI=1S/C15H20N2O5S/c1-12-2-4-13(5-3-12)23(21,22)17-10-8-16(9-11-17)14(18)6-7-15(19)20/h2-5H,6-11H2,1H3,(H,19,20). The van der Waals surface area contributed by atoms with Crippen LogP contribution in [0.15, 0.2) is 29.2 Å². The second kappa shape index (κ2) is 7.10. The second-order valence-corrected chi connectivity index (χ2v) is 7.43. The lowest BCUT2D eigenvalue weighted by molar-refractivity contribution is -0.141. The highest BCUT2D eigenvalue weighted by Crippen LogP contribution is 2.18. The van der Waals surface area contributed by atoms with E-state index in [-0.39, 0.29) is 49.8 Å². The summed E-state index contributed by atoms with van der Waals surface area (Å²) < 4.78 is 26.4. The van der Waals surface area contributed by atoms with E-state index in [1.807, 2.05) is 6.92 Å². The molecule has 1 aromatic carbocycles. The minimum absolute atomic E-state index is 0.0555. The van der Waals surface area contributed by atoms with Crippen molar-refractivity contribution >= 4 is 21.9 Å². The summed E-state index contributed by atoms with van der Waals surface area (Å²) in [6.07, 6.45) is -0.263. The molecule has 0 aliphatic carbocycles. The zero-order valence-corrected chi connectivity index (χ0v) is 13.8. The summed E-state index contributed by atoms with van der Waals surface area (Å²) in [6, 6.07) is 6.65. The van der Waals surface area contributed by atoms with Crippen molar-refractivity contribution in [3.8, 4) is 0 Å². The van der Waals surface area contributed by atoms with Gasteiger partial charge in [-0.3, -0.25) is 9.59 Å². The van der Waals surface area contributed by atoms with Crippen LogP contribution >= 0.6 is 0 Å². The summed E-state index contributed by atoms with van der Waals surface area (Å²) in [5.74, 6) is -1.27. The maximum Gasteiger partial charge on any atom is 0.303 e. The van der Waals surface area contributed by atoms with Crippen molar-refractivity contribution in [1.29, 1.82) is 0 Å². The number of hydrogen-bond donors (Lipinski definition) is 1. The maximum absolute atomic E-state index is 12.5. The molecule has 1 aliphatic rings. The van der Waals surface area contributed by atoms with Gasteiger partial charge in [0.2, 0.25) is 15.9 Å². The van der Waals surface area contributed by atoms with Gasteiger partial charge < -0.3 is 10.0 Å². The highest BCUT2D eigenvalue weighted by atomic mass is 32.2. The fourth-order valence-electron chi connectivity index (χ4n) is 2.41. The lowest BCUT2D eigenvalue weighted by Gasteiger charge is -2.34. The summed E-state index contributed by atoms with van der Waals surface area (Å²) in [6.45, 7) is 2.88. The largest absolute Gasteiger partial charge is 0.481 e. The van der Waals surface area contributed by atoms with E-state index >= 15 is 0 Å². The molecule has 0 unspecified atom stereocenters. The Morgan fingerprint density at radius 3 is 2.13 bits per heavy atom. The van der Waals surface area contributed by atoms with Crippen LogP contribution < -0.4 is 0 Å². The summed E-state index contributed by atoms with van der Waals surface area (Å²) in [4.78, 5) is 24.1. The van der Waals surface area contributed by atoms with Gasteiger partial charge in [-0.15, -0.1) is 0 Å². The van der Waals surface area contributed by atoms with E-state index in [0.29, 0.717) is 0 Å². The number of amides is 1. The molecular weight excluding hydrogens is 320 g/mol. The van der Waals surface area contributed by atoms with Gasteiger partial charge in [0.05, 0.1) is 11.3 Å². The molecule has 8 heteroatoms.